The van der Waals surface area contributed by atoms with Crippen molar-refractivity contribution < 1.29 is 23.9 Å². The average Bonchev–Trinajstić information content (AvgIpc) is 3.17. The second kappa shape index (κ2) is 7.31. The maximum Gasteiger partial charge on any atom is 0.317 e. The zero-order valence-corrected chi connectivity index (χ0v) is 14.3. The van der Waals surface area contributed by atoms with E-state index in [1.165, 1.54) is 23.1 Å². The largest absolute Gasteiger partial charge is 0.481 e. The van der Waals surface area contributed by atoms with E-state index in [0.29, 0.717) is 13.0 Å². The molecule has 1 aromatic carbocycles. The predicted octanol–water partition coefficient (Wildman–Crippen LogP) is 1.45. The highest BCUT2D eigenvalue weighted by Crippen LogP contribution is 2.48. The highest BCUT2D eigenvalue weighted by molar-refractivity contribution is 5.94. The Morgan fingerprint density at radius 1 is 1.23 bits per heavy atom. The molecule has 2 fully saturated rings. The number of halogens is 1. The first-order valence-corrected chi connectivity index (χ1v) is 8.73. The number of benzene rings is 1. The Labute approximate surface area is 150 Å². The zero-order chi connectivity index (χ0) is 18.7. The van der Waals surface area contributed by atoms with Crippen LogP contribution in [0.4, 0.5) is 9.18 Å². The third-order valence-corrected chi connectivity index (χ3v) is 5.39. The van der Waals surface area contributed by atoms with Crippen LogP contribution in [0, 0.1) is 17.2 Å². The molecule has 1 saturated carbocycles. The van der Waals surface area contributed by atoms with Gasteiger partial charge in [-0.2, -0.15) is 0 Å². The summed E-state index contributed by atoms with van der Waals surface area (Å²) in [6, 6.07) is 5.33. The number of nitrogens with zero attached hydrogens (tertiary/aromatic N) is 1. The Bertz CT molecular complexity index is 726. The molecule has 0 spiro atoms. The second-order valence-corrected chi connectivity index (χ2v) is 6.90. The minimum Gasteiger partial charge on any atom is -0.481 e. The molecule has 7 nitrogen and oxygen atoms in total. The van der Waals surface area contributed by atoms with Crippen molar-refractivity contribution in [2.45, 2.75) is 19.3 Å². The van der Waals surface area contributed by atoms with Crippen molar-refractivity contribution in [2.75, 3.05) is 26.2 Å². The van der Waals surface area contributed by atoms with Gasteiger partial charge < -0.3 is 20.6 Å². The molecule has 1 aliphatic carbocycles. The van der Waals surface area contributed by atoms with E-state index in [9.17, 15) is 23.9 Å². The monoisotopic (exact) mass is 363 g/mol. The van der Waals surface area contributed by atoms with E-state index >= 15 is 0 Å². The van der Waals surface area contributed by atoms with Crippen molar-refractivity contribution in [1.29, 1.82) is 0 Å². The Morgan fingerprint density at radius 3 is 2.65 bits per heavy atom. The number of likely N-dealkylation sites (tertiary alicyclic amines) is 1. The van der Waals surface area contributed by atoms with Gasteiger partial charge in [0.15, 0.2) is 0 Å². The van der Waals surface area contributed by atoms with Crippen LogP contribution < -0.4 is 10.6 Å². The first-order chi connectivity index (χ1) is 12.4. The summed E-state index contributed by atoms with van der Waals surface area (Å²) in [6.07, 6.45) is 2.32. The number of carboxylic acids is 1. The fraction of sp³-hybridized carbons (Fsp3) is 0.500. The lowest BCUT2D eigenvalue weighted by Gasteiger charge is -2.23. The van der Waals surface area contributed by atoms with Crippen LogP contribution in [0.1, 0.15) is 29.6 Å². The van der Waals surface area contributed by atoms with Gasteiger partial charge in [0.25, 0.3) is 5.91 Å². The van der Waals surface area contributed by atoms with Gasteiger partial charge in [-0.3, -0.25) is 9.59 Å². The number of carboxylic acid groups (broad SMARTS) is 1. The van der Waals surface area contributed by atoms with Crippen LogP contribution in [0.5, 0.6) is 0 Å². The number of amides is 3. The molecule has 0 unspecified atom stereocenters. The number of hydrogen-bond acceptors (Lipinski definition) is 3. The van der Waals surface area contributed by atoms with E-state index in [-0.39, 0.29) is 37.1 Å². The van der Waals surface area contributed by atoms with Gasteiger partial charge in [0.1, 0.15) is 5.82 Å². The number of rotatable bonds is 5. The quantitative estimate of drug-likeness (QED) is 0.690. The summed E-state index contributed by atoms with van der Waals surface area (Å²) in [7, 11) is 0. The topological polar surface area (TPSA) is 98.7 Å². The number of nitrogens with one attached hydrogen (secondary N) is 2. The smallest absolute Gasteiger partial charge is 0.317 e. The van der Waals surface area contributed by atoms with E-state index < -0.39 is 23.1 Å². The molecule has 0 bridgehead atoms. The molecule has 0 aromatic heterocycles. The minimum absolute atomic E-state index is 0.00603. The predicted molar refractivity (Wildman–Crippen MR) is 91.1 cm³/mol. The van der Waals surface area contributed by atoms with Gasteiger partial charge in [0.05, 0.1) is 11.0 Å². The molecule has 1 saturated heterocycles. The first kappa shape index (κ1) is 18.2. The molecule has 3 N–H and O–H groups in total. The van der Waals surface area contributed by atoms with Gasteiger partial charge >= 0.3 is 12.0 Å². The number of carbonyl (C=O) groups excluding carboxylic acids is 2. The van der Waals surface area contributed by atoms with Gasteiger partial charge in [-0.1, -0.05) is 18.6 Å². The second-order valence-electron chi connectivity index (χ2n) is 6.90. The molecule has 140 valence electrons. The Kier molecular flexibility index (Phi) is 5.11. The van der Waals surface area contributed by atoms with Crippen LogP contribution in [-0.4, -0.2) is 54.1 Å². The fourth-order valence-corrected chi connectivity index (χ4v) is 3.99. The Hall–Kier alpha value is -2.64. The highest BCUT2D eigenvalue weighted by Gasteiger charge is 2.55. The van der Waals surface area contributed by atoms with Crippen LogP contribution in [-0.2, 0) is 4.79 Å². The number of urea groups is 1. The van der Waals surface area contributed by atoms with Gasteiger partial charge in [-0.25, -0.2) is 9.18 Å². The Morgan fingerprint density at radius 2 is 1.96 bits per heavy atom. The van der Waals surface area contributed by atoms with E-state index in [1.54, 1.807) is 6.07 Å². The SMILES string of the molecule is O=C(NCCNC(=O)N1C[C@@H]2CCC[C@@]2(C(=O)O)C1)c1ccccc1F. The summed E-state index contributed by atoms with van der Waals surface area (Å²) < 4.78 is 13.5. The average molecular weight is 363 g/mol. The lowest BCUT2D eigenvalue weighted by Crippen LogP contribution is -2.44. The van der Waals surface area contributed by atoms with E-state index in [4.69, 9.17) is 0 Å². The van der Waals surface area contributed by atoms with Crippen LogP contribution in [0.25, 0.3) is 0 Å². The summed E-state index contributed by atoms with van der Waals surface area (Å²) in [6.45, 7) is 1.00. The van der Waals surface area contributed by atoms with E-state index in [0.717, 1.165) is 12.8 Å². The number of carbonyl (C=O) groups is 3. The molecule has 1 aromatic rings. The third kappa shape index (κ3) is 3.36. The lowest BCUT2D eigenvalue weighted by atomic mass is 9.81. The van der Waals surface area contributed by atoms with Gasteiger partial charge in [-0.15, -0.1) is 0 Å². The van der Waals surface area contributed by atoms with Crippen molar-refractivity contribution >= 4 is 17.9 Å². The lowest BCUT2D eigenvalue weighted by molar-refractivity contribution is -0.149. The van der Waals surface area contributed by atoms with E-state index in [2.05, 4.69) is 10.6 Å². The fourth-order valence-electron chi connectivity index (χ4n) is 3.99. The zero-order valence-electron chi connectivity index (χ0n) is 14.3. The van der Waals surface area contributed by atoms with Crippen molar-refractivity contribution in [1.82, 2.24) is 15.5 Å². The molecule has 1 heterocycles. The molecule has 3 rings (SSSR count). The maximum atomic E-state index is 13.5. The molecule has 0 radical (unpaired) electrons. The summed E-state index contributed by atoms with van der Waals surface area (Å²) in [5.74, 6) is -1.96. The van der Waals surface area contributed by atoms with Gasteiger partial charge in [-0.05, 0) is 30.9 Å². The molecule has 26 heavy (non-hydrogen) atoms. The number of hydrogen-bond donors (Lipinski definition) is 3. The molecular weight excluding hydrogens is 341 g/mol. The van der Waals surface area contributed by atoms with E-state index in [1.807, 2.05) is 0 Å². The van der Waals surface area contributed by atoms with Crippen molar-refractivity contribution in [3.05, 3.63) is 35.6 Å². The van der Waals surface area contributed by atoms with Crippen LogP contribution in [0.15, 0.2) is 24.3 Å². The summed E-state index contributed by atoms with van der Waals surface area (Å²) in [4.78, 5) is 37.3. The normalized spacial score (nSPS) is 24.2. The van der Waals surface area contributed by atoms with Crippen LogP contribution in [0.3, 0.4) is 0 Å². The number of aliphatic carboxylic acids is 1. The van der Waals surface area contributed by atoms with Gasteiger partial charge in [0.2, 0.25) is 0 Å². The molecule has 2 atom stereocenters. The molecule has 8 heteroatoms. The minimum atomic E-state index is -0.826. The summed E-state index contributed by atoms with van der Waals surface area (Å²) >= 11 is 0. The van der Waals surface area contributed by atoms with Crippen molar-refractivity contribution in [3.63, 3.8) is 0 Å². The summed E-state index contributed by atoms with van der Waals surface area (Å²) in [5.41, 5.74) is -0.856. The molecular formula is C18H22FN3O4. The van der Waals surface area contributed by atoms with Crippen LogP contribution >= 0.6 is 0 Å². The Balaban J connectivity index is 1.45. The maximum absolute atomic E-state index is 13.5. The molecule has 2 aliphatic rings. The van der Waals surface area contributed by atoms with Crippen molar-refractivity contribution in [2.24, 2.45) is 11.3 Å². The summed E-state index contributed by atoms with van der Waals surface area (Å²) in [5, 5.41) is 14.8. The van der Waals surface area contributed by atoms with Gasteiger partial charge in [0, 0.05) is 26.2 Å². The standard InChI is InChI=1S/C18H22FN3O4/c19-14-6-2-1-5-13(14)15(23)20-8-9-21-17(26)22-10-12-4-3-7-18(12,11-22)16(24)25/h1-2,5-6,12H,3-4,7-11H2,(H,20,23)(H,21,26)(H,24,25)/t12-,18+/m0/s1. The highest BCUT2D eigenvalue weighted by atomic mass is 19.1. The first-order valence-electron chi connectivity index (χ1n) is 8.73. The molecule has 1 aliphatic heterocycles. The molecule has 3 amide bonds. The van der Waals surface area contributed by atoms with Crippen molar-refractivity contribution in [3.8, 4) is 0 Å². The number of fused-ring (bicyclic) bond motifs is 1. The van der Waals surface area contributed by atoms with Crippen LogP contribution in [0.2, 0.25) is 0 Å². The third-order valence-electron chi connectivity index (χ3n) is 5.39.